The summed E-state index contributed by atoms with van der Waals surface area (Å²) < 4.78 is 0. The third-order valence-electron chi connectivity index (χ3n) is 3.30. The van der Waals surface area contributed by atoms with Crippen LogP contribution in [0.15, 0.2) is 42.5 Å². The summed E-state index contributed by atoms with van der Waals surface area (Å²) in [4.78, 5) is 2.17. The van der Waals surface area contributed by atoms with Crippen molar-refractivity contribution in [1.82, 2.24) is 0 Å². The lowest BCUT2D eigenvalue weighted by Gasteiger charge is -2.24. The van der Waals surface area contributed by atoms with Crippen LogP contribution in [0.5, 0.6) is 0 Å². The highest BCUT2D eigenvalue weighted by molar-refractivity contribution is 6.30. The van der Waals surface area contributed by atoms with Crippen LogP contribution >= 0.6 is 11.6 Å². The molecule has 2 nitrogen and oxygen atoms in total. The fraction of sp³-hybridized carbons (Fsp3) is 0.250. The summed E-state index contributed by atoms with van der Waals surface area (Å²) >= 11 is 6.13. The lowest BCUT2D eigenvalue weighted by molar-refractivity contribution is 0.960. The van der Waals surface area contributed by atoms with Gasteiger partial charge in [0.2, 0.25) is 0 Å². The number of benzene rings is 2. The van der Waals surface area contributed by atoms with Gasteiger partial charge in [-0.15, -0.1) is 0 Å². The number of para-hydroxylation sites is 1. The Bertz CT molecular complexity index is 566. The molecular formula is C16H19ClN2. The van der Waals surface area contributed by atoms with Gasteiger partial charge in [-0.2, -0.15) is 0 Å². The monoisotopic (exact) mass is 274 g/mol. The number of rotatable bonds is 4. The highest BCUT2D eigenvalue weighted by atomic mass is 35.5. The summed E-state index contributed by atoms with van der Waals surface area (Å²) in [5.41, 5.74) is 10.4. The summed E-state index contributed by atoms with van der Waals surface area (Å²) in [5, 5.41) is 0.746. The molecule has 0 radical (unpaired) electrons. The smallest absolute Gasteiger partial charge is 0.0456 e. The van der Waals surface area contributed by atoms with E-state index in [1.54, 1.807) is 0 Å². The number of nitrogens with zero attached hydrogens (tertiary/aromatic N) is 1. The Morgan fingerprint density at radius 1 is 1.11 bits per heavy atom. The molecule has 2 rings (SSSR count). The van der Waals surface area contributed by atoms with Gasteiger partial charge < -0.3 is 10.6 Å². The average Bonchev–Trinajstić information content (AvgIpc) is 2.41. The van der Waals surface area contributed by atoms with Crippen LogP contribution in [0.1, 0.15) is 11.1 Å². The minimum absolute atomic E-state index is 0.635. The molecule has 0 saturated heterocycles. The molecule has 0 amide bonds. The molecule has 0 aliphatic rings. The van der Waals surface area contributed by atoms with E-state index in [1.165, 1.54) is 16.8 Å². The number of anilines is 2. The maximum absolute atomic E-state index is 6.13. The topological polar surface area (TPSA) is 29.3 Å². The lowest BCUT2D eigenvalue weighted by atomic mass is 10.1. The first-order valence-corrected chi connectivity index (χ1v) is 6.79. The van der Waals surface area contributed by atoms with Crippen molar-refractivity contribution in [3.63, 3.8) is 0 Å². The van der Waals surface area contributed by atoms with Gasteiger partial charge in [-0.1, -0.05) is 35.9 Å². The van der Waals surface area contributed by atoms with Crippen molar-refractivity contribution in [3.05, 3.63) is 58.6 Å². The highest BCUT2D eigenvalue weighted by Crippen LogP contribution is 2.31. The third kappa shape index (κ3) is 3.09. The van der Waals surface area contributed by atoms with Crippen LogP contribution in [0.4, 0.5) is 11.4 Å². The van der Waals surface area contributed by atoms with Gasteiger partial charge in [0.1, 0.15) is 0 Å². The fourth-order valence-electron chi connectivity index (χ4n) is 2.29. The van der Waals surface area contributed by atoms with E-state index in [2.05, 4.69) is 37.1 Å². The highest BCUT2D eigenvalue weighted by Gasteiger charge is 2.11. The molecule has 0 unspecified atom stereocenters. The van der Waals surface area contributed by atoms with Crippen LogP contribution in [-0.4, -0.2) is 13.6 Å². The van der Waals surface area contributed by atoms with E-state index in [-0.39, 0.29) is 0 Å². The number of aryl methyl sites for hydroxylation is 1. The number of hydrogen-bond donors (Lipinski definition) is 1. The van der Waals surface area contributed by atoms with Crippen LogP contribution in [-0.2, 0) is 6.42 Å². The maximum Gasteiger partial charge on any atom is 0.0456 e. The molecule has 0 bridgehead atoms. The Morgan fingerprint density at radius 3 is 2.53 bits per heavy atom. The molecule has 0 fully saturated rings. The van der Waals surface area contributed by atoms with E-state index in [9.17, 15) is 0 Å². The van der Waals surface area contributed by atoms with E-state index in [0.717, 1.165) is 17.1 Å². The summed E-state index contributed by atoms with van der Waals surface area (Å²) in [7, 11) is 2.06. The first kappa shape index (κ1) is 13.9. The molecule has 0 aliphatic carbocycles. The molecule has 0 saturated carbocycles. The molecule has 0 aromatic heterocycles. The van der Waals surface area contributed by atoms with Crippen LogP contribution in [0.3, 0.4) is 0 Å². The predicted octanol–water partition coefficient (Wildman–Crippen LogP) is 3.92. The zero-order chi connectivity index (χ0) is 13.8. The molecule has 2 aromatic carbocycles. The summed E-state index contributed by atoms with van der Waals surface area (Å²) in [6.45, 7) is 2.75. The average molecular weight is 275 g/mol. The first-order chi connectivity index (χ1) is 9.13. The van der Waals surface area contributed by atoms with Gasteiger partial charge >= 0.3 is 0 Å². The maximum atomic E-state index is 6.13. The van der Waals surface area contributed by atoms with Gasteiger partial charge in [0.25, 0.3) is 0 Å². The van der Waals surface area contributed by atoms with Crippen molar-refractivity contribution in [3.8, 4) is 0 Å². The quantitative estimate of drug-likeness (QED) is 0.916. The molecule has 0 aliphatic heterocycles. The predicted molar refractivity (Wildman–Crippen MR) is 83.5 cm³/mol. The lowest BCUT2D eigenvalue weighted by Crippen LogP contribution is -2.14. The Balaban J connectivity index is 2.45. The largest absolute Gasteiger partial charge is 0.344 e. The molecule has 0 atom stereocenters. The summed E-state index contributed by atoms with van der Waals surface area (Å²) in [5.74, 6) is 0. The van der Waals surface area contributed by atoms with Gasteiger partial charge in [0.15, 0.2) is 0 Å². The first-order valence-electron chi connectivity index (χ1n) is 6.41. The zero-order valence-corrected chi connectivity index (χ0v) is 12.1. The van der Waals surface area contributed by atoms with Gasteiger partial charge in [0, 0.05) is 23.4 Å². The van der Waals surface area contributed by atoms with Crippen molar-refractivity contribution in [1.29, 1.82) is 0 Å². The Kier molecular flexibility index (Phi) is 4.46. The second kappa shape index (κ2) is 6.09. The van der Waals surface area contributed by atoms with E-state index in [4.69, 9.17) is 17.3 Å². The van der Waals surface area contributed by atoms with Crippen LogP contribution in [0.2, 0.25) is 5.02 Å². The van der Waals surface area contributed by atoms with Crippen LogP contribution in [0, 0.1) is 6.92 Å². The van der Waals surface area contributed by atoms with Crippen molar-refractivity contribution in [2.24, 2.45) is 5.73 Å². The van der Waals surface area contributed by atoms with Gasteiger partial charge in [-0.05, 0) is 49.2 Å². The molecule has 19 heavy (non-hydrogen) atoms. The van der Waals surface area contributed by atoms with Crippen molar-refractivity contribution in [2.45, 2.75) is 13.3 Å². The normalized spacial score (nSPS) is 10.5. The number of nitrogens with two attached hydrogens (primary N) is 1. The summed E-state index contributed by atoms with van der Waals surface area (Å²) in [6.07, 6.45) is 0.850. The van der Waals surface area contributed by atoms with E-state index >= 15 is 0 Å². The van der Waals surface area contributed by atoms with Gasteiger partial charge in [-0.25, -0.2) is 0 Å². The van der Waals surface area contributed by atoms with E-state index in [1.807, 2.05) is 24.3 Å². The molecule has 100 valence electrons. The second-order valence-corrected chi connectivity index (χ2v) is 5.09. The molecule has 0 spiro atoms. The SMILES string of the molecule is Cc1ccccc1N(C)c1cc(Cl)ccc1CCN. The molecule has 3 heteroatoms. The zero-order valence-electron chi connectivity index (χ0n) is 11.4. The molecule has 0 heterocycles. The number of halogens is 1. The minimum Gasteiger partial charge on any atom is -0.344 e. The van der Waals surface area contributed by atoms with Crippen molar-refractivity contribution in [2.75, 3.05) is 18.5 Å². The molecule has 2 N–H and O–H groups in total. The molecule has 2 aromatic rings. The van der Waals surface area contributed by atoms with E-state index < -0.39 is 0 Å². The number of hydrogen-bond acceptors (Lipinski definition) is 2. The fourth-order valence-corrected chi connectivity index (χ4v) is 2.45. The summed E-state index contributed by atoms with van der Waals surface area (Å²) in [6, 6.07) is 14.3. The standard InChI is InChI=1S/C16H19ClN2/c1-12-5-3-4-6-15(12)19(2)16-11-14(17)8-7-13(16)9-10-18/h3-8,11H,9-10,18H2,1-2H3. The Hall–Kier alpha value is -1.51. The Labute approximate surface area is 119 Å². The second-order valence-electron chi connectivity index (χ2n) is 4.66. The minimum atomic E-state index is 0.635. The van der Waals surface area contributed by atoms with E-state index in [0.29, 0.717) is 6.54 Å². The molecular weight excluding hydrogens is 256 g/mol. The van der Waals surface area contributed by atoms with Gasteiger partial charge in [-0.3, -0.25) is 0 Å². The van der Waals surface area contributed by atoms with Gasteiger partial charge in [0.05, 0.1) is 0 Å². The Morgan fingerprint density at radius 2 is 1.84 bits per heavy atom. The van der Waals surface area contributed by atoms with Crippen LogP contribution < -0.4 is 10.6 Å². The van der Waals surface area contributed by atoms with Crippen molar-refractivity contribution >= 4 is 23.0 Å². The van der Waals surface area contributed by atoms with Crippen LogP contribution in [0.25, 0.3) is 0 Å². The van der Waals surface area contributed by atoms with Crippen molar-refractivity contribution < 1.29 is 0 Å². The third-order valence-corrected chi connectivity index (χ3v) is 3.53.